The van der Waals surface area contributed by atoms with Crippen molar-refractivity contribution in [1.82, 2.24) is 10.2 Å². The van der Waals surface area contributed by atoms with Gasteiger partial charge in [0.2, 0.25) is 0 Å². The number of hydrogen-bond acceptors (Lipinski definition) is 2. The Labute approximate surface area is 120 Å². The lowest BCUT2D eigenvalue weighted by atomic mass is 9.84. The molecular weight excluding hydrogens is 256 g/mol. The van der Waals surface area contributed by atoms with Crippen LogP contribution in [0.2, 0.25) is 0 Å². The normalized spacial score (nSPS) is 31.1. The van der Waals surface area contributed by atoms with Crippen LogP contribution in [0.15, 0.2) is 12.7 Å². The maximum Gasteiger partial charge on any atom is 0.317 e. The molecule has 0 radical (unpaired) electrons. The van der Waals surface area contributed by atoms with Crippen molar-refractivity contribution < 1.29 is 14.7 Å². The largest absolute Gasteiger partial charge is 0.481 e. The average Bonchev–Trinajstić information content (AvgIpc) is 2.99. The summed E-state index contributed by atoms with van der Waals surface area (Å²) in [5.41, 5.74) is 0. The lowest BCUT2D eigenvalue weighted by Gasteiger charge is -2.30. The van der Waals surface area contributed by atoms with Crippen molar-refractivity contribution in [3.8, 4) is 0 Å². The van der Waals surface area contributed by atoms with Gasteiger partial charge in [-0.3, -0.25) is 4.79 Å². The molecule has 0 aromatic heterocycles. The Balaban J connectivity index is 1.89. The number of carboxylic acid groups (broad SMARTS) is 1. The minimum absolute atomic E-state index is 0.155. The minimum atomic E-state index is -0.767. The third kappa shape index (κ3) is 2.97. The van der Waals surface area contributed by atoms with Crippen LogP contribution in [0.3, 0.4) is 0 Å². The van der Waals surface area contributed by atoms with Crippen LogP contribution in [-0.2, 0) is 4.79 Å². The minimum Gasteiger partial charge on any atom is -0.481 e. The van der Waals surface area contributed by atoms with Gasteiger partial charge in [0, 0.05) is 19.6 Å². The topological polar surface area (TPSA) is 69.6 Å². The molecule has 2 aliphatic rings. The van der Waals surface area contributed by atoms with Crippen molar-refractivity contribution in [3.63, 3.8) is 0 Å². The molecule has 2 saturated carbocycles. The molecular formula is C15H24N2O3. The quantitative estimate of drug-likeness (QED) is 0.578. The van der Waals surface area contributed by atoms with Crippen LogP contribution in [-0.4, -0.2) is 41.6 Å². The summed E-state index contributed by atoms with van der Waals surface area (Å²) < 4.78 is 0. The van der Waals surface area contributed by atoms with Gasteiger partial charge in [-0.2, -0.15) is 0 Å². The fourth-order valence-electron chi connectivity index (χ4n) is 3.68. The fourth-order valence-corrected chi connectivity index (χ4v) is 3.68. The number of nitrogens with zero attached hydrogens (tertiary/aromatic N) is 1. The van der Waals surface area contributed by atoms with E-state index in [-0.39, 0.29) is 18.0 Å². The van der Waals surface area contributed by atoms with Crippen LogP contribution in [0.4, 0.5) is 4.79 Å². The number of carbonyl (C=O) groups is 2. The number of hydrogen-bond donors (Lipinski definition) is 2. The molecule has 0 aliphatic heterocycles. The summed E-state index contributed by atoms with van der Waals surface area (Å²) in [4.78, 5) is 25.2. The molecule has 4 atom stereocenters. The van der Waals surface area contributed by atoms with Crippen molar-refractivity contribution in [2.75, 3.05) is 13.6 Å². The second-order valence-electron chi connectivity index (χ2n) is 6.02. The van der Waals surface area contributed by atoms with E-state index in [1.165, 1.54) is 0 Å². The van der Waals surface area contributed by atoms with E-state index < -0.39 is 11.9 Å². The molecule has 2 fully saturated rings. The van der Waals surface area contributed by atoms with Gasteiger partial charge in [-0.1, -0.05) is 6.08 Å². The highest BCUT2D eigenvalue weighted by molar-refractivity contribution is 5.77. The van der Waals surface area contributed by atoms with E-state index in [2.05, 4.69) is 11.9 Å². The number of fused-ring (bicyclic) bond motifs is 2. The first-order valence-corrected chi connectivity index (χ1v) is 7.40. The molecule has 2 bridgehead atoms. The number of unbranched alkanes of at least 4 members (excludes halogenated alkanes) is 1. The molecule has 4 unspecified atom stereocenters. The standard InChI is InChI=1S/C15H24N2O3/c1-3-4-5-8-17(2)15(20)16-13-11-7-6-10(9-11)12(13)14(18)19/h3,10-13H,1,4-9H2,2H3,(H,16,20)(H,18,19). The number of rotatable bonds is 6. The van der Waals surface area contributed by atoms with E-state index in [4.69, 9.17) is 0 Å². The van der Waals surface area contributed by atoms with Crippen molar-refractivity contribution in [1.29, 1.82) is 0 Å². The predicted molar refractivity (Wildman–Crippen MR) is 76.3 cm³/mol. The van der Waals surface area contributed by atoms with Gasteiger partial charge in [-0.05, 0) is 43.9 Å². The smallest absolute Gasteiger partial charge is 0.317 e. The van der Waals surface area contributed by atoms with Gasteiger partial charge < -0.3 is 15.3 Å². The van der Waals surface area contributed by atoms with E-state index in [1.54, 1.807) is 11.9 Å². The summed E-state index contributed by atoms with van der Waals surface area (Å²) in [6, 6.07) is -0.349. The van der Waals surface area contributed by atoms with Gasteiger partial charge in [-0.25, -0.2) is 4.79 Å². The molecule has 0 heterocycles. The van der Waals surface area contributed by atoms with Gasteiger partial charge in [0.15, 0.2) is 0 Å². The van der Waals surface area contributed by atoms with Gasteiger partial charge >= 0.3 is 12.0 Å². The number of aliphatic carboxylic acids is 1. The zero-order chi connectivity index (χ0) is 14.7. The summed E-state index contributed by atoms with van der Waals surface area (Å²) in [6.07, 6.45) is 6.57. The Kier molecular flexibility index (Phi) is 4.68. The van der Waals surface area contributed by atoms with Crippen LogP contribution >= 0.6 is 0 Å². The number of carboxylic acids is 1. The monoisotopic (exact) mass is 280 g/mol. The zero-order valence-corrected chi connectivity index (χ0v) is 12.0. The van der Waals surface area contributed by atoms with E-state index in [0.29, 0.717) is 12.5 Å². The van der Waals surface area contributed by atoms with Crippen LogP contribution in [0.25, 0.3) is 0 Å². The summed E-state index contributed by atoms with van der Waals surface area (Å²) in [7, 11) is 1.75. The highest BCUT2D eigenvalue weighted by Gasteiger charge is 2.51. The first kappa shape index (κ1) is 14.9. The molecule has 0 saturated heterocycles. The molecule has 0 aromatic carbocycles. The lowest BCUT2D eigenvalue weighted by Crippen LogP contribution is -2.50. The maximum atomic E-state index is 12.1. The van der Waals surface area contributed by atoms with Gasteiger partial charge in [-0.15, -0.1) is 6.58 Å². The van der Waals surface area contributed by atoms with E-state index in [0.717, 1.165) is 32.1 Å². The highest BCUT2D eigenvalue weighted by Crippen LogP contribution is 2.48. The summed E-state index contributed by atoms with van der Waals surface area (Å²) >= 11 is 0. The molecule has 2 amide bonds. The summed E-state index contributed by atoms with van der Waals surface area (Å²) in [6.45, 7) is 4.32. The number of amides is 2. The summed E-state index contributed by atoms with van der Waals surface area (Å²) in [5, 5.41) is 12.3. The van der Waals surface area contributed by atoms with Crippen LogP contribution < -0.4 is 5.32 Å². The van der Waals surface area contributed by atoms with Crippen LogP contribution in [0.1, 0.15) is 32.1 Å². The third-order valence-electron chi connectivity index (χ3n) is 4.74. The first-order valence-electron chi connectivity index (χ1n) is 7.40. The zero-order valence-electron chi connectivity index (χ0n) is 12.0. The van der Waals surface area contributed by atoms with E-state index in [9.17, 15) is 14.7 Å². The molecule has 2 N–H and O–H groups in total. The number of allylic oxidation sites excluding steroid dienone is 1. The second kappa shape index (κ2) is 6.29. The van der Waals surface area contributed by atoms with E-state index >= 15 is 0 Å². The molecule has 0 aromatic rings. The molecule has 2 rings (SSSR count). The molecule has 20 heavy (non-hydrogen) atoms. The Morgan fingerprint density at radius 2 is 2.10 bits per heavy atom. The molecule has 112 valence electrons. The van der Waals surface area contributed by atoms with E-state index in [1.807, 2.05) is 6.08 Å². The molecule has 5 nitrogen and oxygen atoms in total. The number of urea groups is 1. The van der Waals surface area contributed by atoms with Gasteiger partial charge in [0.1, 0.15) is 0 Å². The van der Waals surface area contributed by atoms with Crippen molar-refractivity contribution in [3.05, 3.63) is 12.7 Å². The first-order chi connectivity index (χ1) is 9.54. The van der Waals surface area contributed by atoms with Crippen molar-refractivity contribution in [2.24, 2.45) is 17.8 Å². The van der Waals surface area contributed by atoms with Crippen molar-refractivity contribution >= 4 is 12.0 Å². The van der Waals surface area contributed by atoms with Crippen LogP contribution in [0, 0.1) is 17.8 Å². The predicted octanol–water partition coefficient (Wildman–Crippen LogP) is 2.09. The maximum absolute atomic E-state index is 12.1. The third-order valence-corrected chi connectivity index (χ3v) is 4.74. The highest BCUT2D eigenvalue weighted by atomic mass is 16.4. The second-order valence-corrected chi connectivity index (χ2v) is 6.02. The SMILES string of the molecule is C=CCCCN(C)C(=O)NC1C2CCC(C2)C1C(=O)O. The molecule has 0 spiro atoms. The molecule has 2 aliphatic carbocycles. The van der Waals surface area contributed by atoms with Gasteiger partial charge in [0.25, 0.3) is 0 Å². The van der Waals surface area contributed by atoms with Gasteiger partial charge in [0.05, 0.1) is 5.92 Å². The Morgan fingerprint density at radius 1 is 1.40 bits per heavy atom. The van der Waals surface area contributed by atoms with Crippen molar-refractivity contribution in [2.45, 2.75) is 38.1 Å². The Morgan fingerprint density at radius 3 is 2.75 bits per heavy atom. The Bertz CT molecular complexity index is 397. The number of nitrogens with one attached hydrogen (secondary N) is 1. The number of carbonyl (C=O) groups excluding carboxylic acids is 1. The average molecular weight is 280 g/mol. The fraction of sp³-hybridized carbons (Fsp3) is 0.733. The summed E-state index contributed by atoms with van der Waals surface area (Å²) in [5.74, 6) is -0.586. The van der Waals surface area contributed by atoms with Crippen LogP contribution in [0.5, 0.6) is 0 Å². The lowest BCUT2D eigenvalue weighted by molar-refractivity contribution is -0.144. The molecule has 5 heteroatoms. The Hall–Kier alpha value is -1.52.